The van der Waals surface area contributed by atoms with Crippen molar-refractivity contribution in [3.05, 3.63) is 47.0 Å². The summed E-state index contributed by atoms with van der Waals surface area (Å²) in [5.41, 5.74) is -0.0382. The van der Waals surface area contributed by atoms with Crippen molar-refractivity contribution in [2.24, 2.45) is 0 Å². The van der Waals surface area contributed by atoms with Crippen LogP contribution in [0.2, 0.25) is 0 Å². The molecule has 2 heterocycles. The van der Waals surface area contributed by atoms with E-state index in [4.69, 9.17) is 0 Å². The molecule has 0 saturated heterocycles. The minimum Gasteiger partial charge on any atom is -0.269 e. The first-order valence-corrected chi connectivity index (χ1v) is 3.30. The van der Waals surface area contributed by atoms with E-state index >= 15 is 0 Å². The monoisotopic (exact) mass is 146 g/mol. The first kappa shape index (κ1) is 6.09. The van der Waals surface area contributed by atoms with Gasteiger partial charge in [0.1, 0.15) is 5.82 Å². The third-order valence-electron chi connectivity index (χ3n) is 1.50. The van der Waals surface area contributed by atoms with E-state index in [9.17, 15) is 4.79 Å². The van der Waals surface area contributed by atoms with Crippen LogP contribution < -0.4 is 5.56 Å². The predicted molar refractivity (Wildman–Crippen MR) is 41.0 cm³/mol. The van der Waals surface area contributed by atoms with Gasteiger partial charge < -0.3 is 0 Å². The van der Waals surface area contributed by atoms with E-state index in [2.05, 4.69) is 4.98 Å². The standard InChI is InChI=1S/C8H6N2O/c11-8-4-3-7-9-5-1-2-6-10(7)8/h1-6H. The molecule has 0 aliphatic carbocycles. The third-order valence-corrected chi connectivity index (χ3v) is 1.50. The molecule has 0 amide bonds. The molecule has 0 spiro atoms. The number of nitrogens with zero attached hydrogens (tertiary/aromatic N) is 2. The number of aromatic nitrogens is 2. The van der Waals surface area contributed by atoms with Crippen molar-refractivity contribution in [2.75, 3.05) is 0 Å². The van der Waals surface area contributed by atoms with Crippen LogP contribution in [0.5, 0.6) is 0 Å². The predicted octanol–water partition coefficient (Wildman–Crippen LogP) is 0.670. The van der Waals surface area contributed by atoms with Crippen molar-refractivity contribution >= 4 is 0 Å². The molecule has 3 nitrogen and oxygen atoms in total. The van der Waals surface area contributed by atoms with Crippen molar-refractivity contribution < 1.29 is 0 Å². The lowest BCUT2D eigenvalue weighted by Gasteiger charge is -1.90. The molecule has 11 heavy (non-hydrogen) atoms. The Balaban J connectivity index is 2.86. The average Bonchev–Trinajstić information content (AvgIpc) is 2.25. The quantitative estimate of drug-likeness (QED) is 0.547. The van der Waals surface area contributed by atoms with Crippen LogP contribution in [-0.4, -0.2) is 9.55 Å². The lowest BCUT2D eigenvalue weighted by atomic mass is 10.6. The number of rotatable bonds is 0. The molecule has 2 aliphatic rings. The molecule has 54 valence electrons. The topological polar surface area (TPSA) is 34.9 Å². The first-order valence-electron chi connectivity index (χ1n) is 3.30. The van der Waals surface area contributed by atoms with Crippen LogP contribution in [0.4, 0.5) is 0 Å². The Morgan fingerprint density at radius 2 is 2.18 bits per heavy atom. The normalized spacial score (nSPS) is 10.2. The molecule has 0 N–H and O–H groups in total. The molecule has 0 atom stereocenters. The highest BCUT2D eigenvalue weighted by Crippen LogP contribution is 1.98. The molecule has 3 heteroatoms. The molecule has 2 rings (SSSR count). The maximum atomic E-state index is 11.0. The van der Waals surface area contributed by atoms with Crippen molar-refractivity contribution in [2.45, 2.75) is 0 Å². The Morgan fingerprint density at radius 1 is 1.27 bits per heavy atom. The van der Waals surface area contributed by atoms with Crippen LogP contribution in [0.1, 0.15) is 0 Å². The smallest absolute Gasteiger partial charge is 0.256 e. The second kappa shape index (κ2) is 2.20. The number of fused-ring (bicyclic) bond motifs is 1. The summed E-state index contributed by atoms with van der Waals surface area (Å²) in [6.07, 6.45) is 3.36. The minimum absolute atomic E-state index is 0.0382. The van der Waals surface area contributed by atoms with Crippen LogP contribution >= 0.6 is 0 Å². The van der Waals surface area contributed by atoms with Gasteiger partial charge in [-0.15, -0.1) is 0 Å². The van der Waals surface area contributed by atoms with Gasteiger partial charge in [-0.25, -0.2) is 4.98 Å². The van der Waals surface area contributed by atoms with Crippen LogP contribution in [0.3, 0.4) is 0 Å². The minimum atomic E-state index is -0.0382. The van der Waals surface area contributed by atoms with Gasteiger partial charge in [0.15, 0.2) is 0 Å². The summed E-state index contributed by atoms with van der Waals surface area (Å²) in [7, 11) is 0. The molecule has 0 aromatic carbocycles. The Labute approximate surface area is 63.3 Å². The van der Waals surface area contributed by atoms with Crippen molar-refractivity contribution in [3.63, 3.8) is 0 Å². The summed E-state index contributed by atoms with van der Waals surface area (Å²) in [5.74, 6) is 0.681. The summed E-state index contributed by atoms with van der Waals surface area (Å²) < 4.78 is 1.50. The van der Waals surface area contributed by atoms with Crippen molar-refractivity contribution in [3.8, 4) is 5.82 Å². The van der Waals surface area contributed by atoms with Gasteiger partial charge in [0, 0.05) is 18.5 Å². The zero-order valence-electron chi connectivity index (χ0n) is 5.77. The fourth-order valence-electron chi connectivity index (χ4n) is 0.979. The van der Waals surface area contributed by atoms with E-state index in [0.717, 1.165) is 0 Å². The maximum absolute atomic E-state index is 11.0. The Hall–Kier alpha value is -1.64. The van der Waals surface area contributed by atoms with Crippen LogP contribution in [0.15, 0.2) is 41.5 Å². The SMILES string of the molecule is O=c1ccc2nccccn1-2. The van der Waals surface area contributed by atoms with Gasteiger partial charge in [0.05, 0.1) is 0 Å². The lowest BCUT2D eigenvalue weighted by molar-refractivity contribution is 0.989. The zero-order valence-corrected chi connectivity index (χ0v) is 5.77. The Morgan fingerprint density at radius 3 is 3.09 bits per heavy atom. The highest BCUT2D eigenvalue weighted by molar-refractivity contribution is 5.24. The lowest BCUT2D eigenvalue weighted by Crippen LogP contribution is -2.09. The van der Waals surface area contributed by atoms with Gasteiger partial charge in [-0.2, -0.15) is 0 Å². The highest BCUT2D eigenvalue weighted by Gasteiger charge is 2.00. The van der Waals surface area contributed by atoms with E-state index in [0.29, 0.717) is 5.82 Å². The van der Waals surface area contributed by atoms with E-state index in [1.54, 1.807) is 30.6 Å². The van der Waals surface area contributed by atoms with Crippen LogP contribution in [0, 0.1) is 0 Å². The largest absolute Gasteiger partial charge is 0.269 e. The summed E-state index contributed by atoms with van der Waals surface area (Å²) in [5, 5.41) is 0. The molecule has 2 aliphatic heterocycles. The summed E-state index contributed by atoms with van der Waals surface area (Å²) in [6.45, 7) is 0. The summed E-state index contributed by atoms with van der Waals surface area (Å²) in [6, 6.07) is 6.76. The maximum Gasteiger partial charge on any atom is 0.256 e. The van der Waals surface area contributed by atoms with Gasteiger partial charge in [0.2, 0.25) is 0 Å². The summed E-state index contributed by atoms with van der Waals surface area (Å²) >= 11 is 0. The van der Waals surface area contributed by atoms with Gasteiger partial charge >= 0.3 is 0 Å². The van der Waals surface area contributed by atoms with E-state index in [1.165, 1.54) is 10.6 Å². The third kappa shape index (κ3) is 0.902. The molecular weight excluding hydrogens is 140 g/mol. The second-order valence-electron chi connectivity index (χ2n) is 2.21. The average molecular weight is 146 g/mol. The number of hydrogen-bond donors (Lipinski definition) is 0. The van der Waals surface area contributed by atoms with E-state index in [-0.39, 0.29) is 5.56 Å². The fraction of sp³-hybridized carbons (Fsp3) is 0. The van der Waals surface area contributed by atoms with E-state index in [1.807, 2.05) is 0 Å². The molecule has 0 bridgehead atoms. The molecule has 0 unspecified atom stereocenters. The molecule has 0 saturated carbocycles. The second-order valence-corrected chi connectivity index (χ2v) is 2.21. The van der Waals surface area contributed by atoms with Gasteiger partial charge in [0.25, 0.3) is 5.56 Å². The van der Waals surface area contributed by atoms with Crippen LogP contribution in [-0.2, 0) is 0 Å². The fourth-order valence-corrected chi connectivity index (χ4v) is 0.979. The van der Waals surface area contributed by atoms with Crippen LogP contribution in [0.25, 0.3) is 5.82 Å². The first-order chi connectivity index (χ1) is 5.38. The summed E-state index contributed by atoms with van der Waals surface area (Å²) in [4.78, 5) is 15.1. The highest BCUT2D eigenvalue weighted by atomic mass is 16.1. The zero-order chi connectivity index (χ0) is 7.68. The molecule has 0 aromatic rings. The Kier molecular flexibility index (Phi) is 1.22. The van der Waals surface area contributed by atoms with E-state index < -0.39 is 0 Å². The van der Waals surface area contributed by atoms with Crippen molar-refractivity contribution in [1.82, 2.24) is 9.55 Å². The van der Waals surface area contributed by atoms with Gasteiger partial charge in [-0.1, -0.05) is 0 Å². The van der Waals surface area contributed by atoms with Crippen molar-refractivity contribution in [1.29, 1.82) is 0 Å². The number of hydrogen-bond acceptors (Lipinski definition) is 2. The molecular formula is C8H6N2O. The van der Waals surface area contributed by atoms with Gasteiger partial charge in [-0.3, -0.25) is 9.36 Å². The Bertz CT molecular complexity index is 394. The molecule has 0 fully saturated rings. The van der Waals surface area contributed by atoms with Gasteiger partial charge in [-0.05, 0) is 18.2 Å². The molecule has 0 radical (unpaired) electrons. The molecule has 0 aromatic heterocycles.